The van der Waals surface area contributed by atoms with Gasteiger partial charge in [-0.25, -0.2) is 19.2 Å². The van der Waals surface area contributed by atoms with E-state index in [4.69, 9.17) is 5.10 Å². The first-order valence-electron chi connectivity index (χ1n) is 14.1. The van der Waals surface area contributed by atoms with Crippen molar-refractivity contribution >= 4 is 34.2 Å². The fourth-order valence-corrected chi connectivity index (χ4v) is 6.74. The predicted molar refractivity (Wildman–Crippen MR) is 154 cm³/mol. The van der Waals surface area contributed by atoms with Gasteiger partial charge in [0.15, 0.2) is 12.1 Å². The van der Waals surface area contributed by atoms with Crippen molar-refractivity contribution in [1.82, 2.24) is 19.7 Å². The van der Waals surface area contributed by atoms with E-state index in [1.165, 1.54) is 11.1 Å². The minimum absolute atomic E-state index is 0.188. The van der Waals surface area contributed by atoms with Gasteiger partial charge < -0.3 is 0 Å². The third-order valence-corrected chi connectivity index (χ3v) is 8.86. The normalized spacial score (nSPS) is 24.8. The number of Topliss-reactive ketones (excluding diaryl/α,β-unsaturated/α-hetero) is 1. The highest BCUT2D eigenvalue weighted by Gasteiger charge is 2.73. The largest absolute Gasteiger partial charge is 0.433 e. The number of benzene rings is 2. The van der Waals surface area contributed by atoms with Crippen LogP contribution in [0.5, 0.6) is 0 Å². The van der Waals surface area contributed by atoms with E-state index in [0.717, 1.165) is 11.3 Å². The Bertz CT molecular complexity index is 1830. The molecule has 3 amide bonds. The number of nitrogens with zero attached hydrogens (tertiary/aromatic N) is 7. The number of piperazine rings is 1. The number of aromatic nitrogens is 3. The molecule has 10 nitrogen and oxygen atoms in total. The Morgan fingerprint density at radius 1 is 1.05 bits per heavy atom. The van der Waals surface area contributed by atoms with Crippen molar-refractivity contribution in [3.63, 3.8) is 0 Å². The van der Waals surface area contributed by atoms with Gasteiger partial charge in [-0.1, -0.05) is 75.4 Å². The lowest BCUT2D eigenvalue weighted by Gasteiger charge is -2.32. The number of amides is 3. The summed E-state index contributed by atoms with van der Waals surface area (Å²) >= 11 is 0. The highest BCUT2D eigenvalue weighted by Crippen LogP contribution is 2.45. The van der Waals surface area contributed by atoms with Crippen LogP contribution in [0.3, 0.4) is 0 Å². The molecule has 2 bridgehead atoms. The molecule has 4 atom stereocenters. The SMILES string of the molecule is CC(C)(C)c1cc(C(=O)C2CN3CC4C(=O)N(c5cnc(C#N)c6ccccc56)C(=O)[N+]24C3)n(Cc2ccccc2)n1. The minimum atomic E-state index is -0.748. The molecule has 7 rings (SSSR count). The first kappa shape index (κ1) is 26.2. The number of carbonyl (C=O) groups excluding carboxylic acids is 3. The van der Waals surface area contributed by atoms with Crippen LogP contribution < -0.4 is 4.90 Å². The number of fused-ring (bicyclic) bond motifs is 2. The van der Waals surface area contributed by atoms with Crippen LogP contribution in [0, 0.1) is 11.3 Å². The maximum atomic E-state index is 14.5. The van der Waals surface area contributed by atoms with E-state index in [9.17, 15) is 19.6 Å². The van der Waals surface area contributed by atoms with Gasteiger partial charge in [-0.3, -0.25) is 14.3 Å². The Balaban J connectivity index is 1.30. The maximum absolute atomic E-state index is 14.5. The summed E-state index contributed by atoms with van der Waals surface area (Å²) in [6.45, 7) is 7.66. The second kappa shape index (κ2) is 9.14. The van der Waals surface area contributed by atoms with Gasteiger partial charge in [-0.2, -0.15) is 15.3 Å². The molecule has 0 radical (unpaired) electrons. The Labute approximate surface area is 243 Å². The van der Waals surface area contributed by atoms with Gasteiger partial charge in [-0.15, -0.1) is 0 Å². The zero-order chi connectivity index (χ0) is 29.4. The molecule has 3 aliphatic heterocycles. The van der Waals surface area contributed by atoms with Gasteiger partial charge in [0, 0.05) is 16.2 Å². The van der Waals surface area contributed by atoms with E-state index in [0.29, 0.717) is 48.5 Å². The lowest BCUT2D eigenvalue weighted by atomic mass is 9.91. The third-order valence-electron chi connectivity index (χ3n) is 8.86. The van der Waals surface area contributed by atoms with Crippen LogP contribution in [0.1, 0.15) is 48.2 Å². The molecule has 3 fully saturated rings. The summed E-state index contributed by atoms with van der Waals surface area (Å²) in [5, 5.41) is 15.6. The number of nitriles is 1. The molecule has 0 saturated carbocycles. The van der Waals surface area contributed by atoms with Crippen molar-refractivity contribution in [1.29, 1.82) is 5.26 Å². The molecule has 3 aliphatic rings. The summed E-state index contributed by atoms with van der Waals surface area (Å²) in [5.74, 6) is -0.531. The highest BCUT2D eigenvalue weighted by atomic mass is 16.2. The van der Waals surface area contributed by atoms with Crippen molar-refractivity contribution < 1.29 is 18.9 Å². The summed E-state index contributed by atoms with van der Waals surface area (Å²) in [7, 11) is 0. The second-order valence-corrected chi connectivity index (χ2v) is 12.4. The van der Waals surface area contributed by atoms with Gasteiger partial charge in [-0.05, 0) is 11.6 Å². The molecule has 210 valence electrons. The van der Waals surface area contributed by atoms with Crippen LogP contribution >= 0.6 is 0 Å². The van der Waals surface area contributed by atoms with Gasteiger partial charge in [0.2, 0.25) is 5.78 Å². The number of quaternary nitrogens is 1. The van der Waals surface area contributed by atoms with Crippen LogP contribution in [-0.2, 0) is 16.8 Å². The molecule has 3 saturated heterocycles. The minimum Gasteiger partial charge on any atom is -0.286 e. The van der Waals surface area contributed by atoms with Crippen LogP contribution in [0.15, 0.2) is 66.9 Å². The molecule has 2 aromatic carbocycles. The summed E-state index contributed by atoms with van der Waals surface area (Å²) in [5.41, 5.74) is 2.52. The molecule has 4 aromatic rings. The first-order chi connectivity index (χ1) is 20.1. The van der Waals surface area contributed by atoms with E-state index in [1.54, 1.807) is 28.9 Å². The zero-order valence-electron chi connectivity index (χ0n) is 23.7. The van der Waals surface area contributed by atoms with E-state index >= 15 is 0 Å². The fourth-order valence-electron chi connectivity index (χ4n) is 6.74. The molecule has 42 heavy (non-hydrogen) atoms. The summed E-state index contributed by atoms with van der Waals surface area (Å²) < 4.78 is 1.49. The van der Waals surface area contributed by atoms with Crippen molar-refractivity contribution in [3.8, 4) is 6.07 Å². The second-order valence-electron chi connectivity index (χ2n) is 12.4. The van der Waals surface area contributed by atoms with E-state index in [1.807, 2.05) is 41.3 Å². The third kappa shape index (κ3) is 3.67. The van der Waals surface area contributed by atoms with Crippen LogP contribution in [-0.4, -0.2) is 73.7 Å². The van der Waals surface area contributed by atoms with Crippen molar-refractivity contribution in [3.05, 3.63) is 89.5 Å². The maximum Gasteiger partial charge on any atom is 0.433 e. The standard InChI is InChI=1S/C32H30N7O3/c1-32(2,3)28-13-24(37(35-28)16-20-9-5-4-6-10-20)29(40)26-17-36-18-27-30(41)38(31(42)39(26,27)19-36)25-15-34-23(14-33)21-11-7-8-12-22(21)25/h4-13,15,26-27H,16-19H2,1-3H3/q+1. The van der Waals surface area contributed by atoms with Gasteiger partial charge in [0.25, 0.3) is 5.91 Å². The average molecular weight is 561 g/mol. The van der Waals surface area contributed by atoms with Crippen LogP contribution in [0.25, 0.3) is 10.8 Å². The molecular weight excluding hydrogens is 530 g/mol. The molecule has 4 unspecified atom stereocenters. The van der Waals surface area contributed by atoms with Crippen molar-refractivity contribution in [2.45, 2.75) is 44.8 Å². The number of pyridine rings is 1. The molecule has 5 heterocycles. The number of imide groups is 1. The Morgan fingerprint density at radius 2 is 1.76 bits per heavy atom. The summed E-state index contributed by atoms with van der Waals surface area (Å²) in [6, 6.07) is 19.0. The molecule has 2 aromatic heterocycles. The summed E-state index contributed by atoms with van der Waals surface area (Å²) in [6.07, 6.45) is 1.42. The smallest absolute Gasteiger partial charge is 0.286 e. The number of carbonyl (C=O) groups is 3. The molecule has 0 aliphatic carbocycles. The van der Waals surface area contributed by atoms with Crippen molar-refractivity contribution in [2.75, 3.05) is 24.7 Å². The Kier molecular flexibility index (Phi) is 5.70. The Morgan fingerprint density at radius 3 is 2.48 bits per heavy atom. The molecule has 10 heteroatoms. The lowest BCUT2D eigenvalue weighted by Crippen LogP contribution is -2.62. The summed E-state index contributed by atoms with van der Waals surface area (Å²) in [4.78, 5) is 50.4. The fraction of sp³-hybridized carbons (Fsp3) is 0.312. The van der Waals surface area contributed by atoms with E-state index < -0.39 is 18.1 Å². The van der Waals surface area contributed by atoms with Gasteiger partial charge in [0.05, 0.1) is 37.2 Å². The number of anilines is 1. The topological polar surface area (TPSA) is 112 Å². The van der Waals surface area contributed by atoms with Crippen LogP contribution in [0.4, 0.5) is 10.5 Å². The van der Waals surface area contributed by atoms with Crippen molar-refractivity contribution in [2.24, 2.45) is 0 Å². The molecule has 0 N–H and O–H groups in total. The average Bonchev–Trinajstić information content (AvgIpc) is 3.73. The van der Waals surface area contributed by atoms with E-state index in [-0.39, 0.29) is 27.3 Å². The number of hydrogen-bond acceptors (Lipinski definition) is 7. The lowest BCUT2D eigenvalue weighted by molar-refractivity contribution is -0.852. The number of ketones is 1. The number of urea groups is 1. The van der Waals surface area contributed by atoms with Crippen LogP contribution in [0.2, 0.25) is 0 Å². The quantitative estimate of drug-likeness (QED) is 0.207. The Hall–Kier alpha value is -4.72. The number of rotatable bonds is 5. The van der Waals surface area contributed by atoms with E-state index in [2.05, 4.69) is 31.8 Å². The zero-order valence-corrected chi connectivity index (χ0v) is 23.7. The molecule has 1 spiro atoms. The monoisotopic (exact) mass is 560 g/mol. The van der Waals surface area contributed by atoms with Gasteiger partial charge in [0.1, 0.15) is 24.1 Å². The molecular formula is C32H30N7O3+. The van der Waals surface area contributed by atoms with Gasteiger partial charge >= 0.3 is 6.03 Å². The highest BCUT2D eigenvalue weighted by molar-refractivity contribution is 6.22. The predicted octanol–water partition coefficient (Wildman–Crippen LogP) is 3.84. The first-order valence-corrected chi connectivity index (χ1v) is 14.1. The number of hydrogen-bond donors (Lipinski definition) is 0.